The van der Waals surface area contributed by atoms with Gasteiger partial charge in [-0.3, -0.25) is 0 Å². The molecule has 0 amide bonds. The Morgan fingerprint density at radius 1 is 1.19 bits per heavy atom. The van der Waals surface area contributed by atoms with Gasteiger partial charge in [-0.25, -0.2) is 9.18 Å². The highest BCUT2D eigenvalue weighted by Gasteiger charge is 2.10. The van der Waals surface area contributed by atoms with Crippen LogP contribution in [0, 0.1) is 5.82 Å². The molecular formula is C17H17FO3. The van der Waals surface area contributed by atoms with E-state index in [2.05, 4.69) is 13.8 Å². The van der Waals surface area contributed by atoms with E-state index in [-0.39, 0.29) is 5.56 Å². The summed E-state index contributed by atoms with van der Waals surface area (Å²) in [7, 11) is 0. The van der Waals surface area contributed by atoms with Crippen molar-refractivity contribution >= 4 is 5.97 Å². The molecular weight excluding hydrogens is 271 g/mol. The molecule has 1 N–H and O–H groups in total. The lowest BCUT2D eigenvalue weighted by Gasteiger charge is -2.09. The minimum Gasteiger partial charge on any atom is -0.489 e. The topological polar surface area (TPSA) is 46.5 Å². The summed E-state index contributed by atoms with van der Waals surface area (Å²) < 4.78 is 19.0. The molecule has 0 spiro atoms. The van der Waals surface area contributed by atoms with E-state index >= 15 is 0 Å². The van der Waals surface area contributed by atoms with Gasteiger partial charge in [0.15, 0.2) is 0 Å². The van der Waals surface area contributed by atoms with Gasteiger partial charge in [0.1, 0.15) is 18.2 Å². The van der Waals surface area contributed by atoms with Crippen molar-refractivity contribution in [2.75, 3.05) is 0 Å². The Morgan fingerprint density at radius 3 is 2.38 bits per heavy atom. The summed E-state index contributed by atoms with van der Waals surface area (Å²) in [5.74, 6) is -1.30. The number of hydrogen-bond acceptors (Lipinski definition) is 2. The Balaban J connectivity index is 2.03. The number of hydrogen-bond donors (Lipinski definition) is 1. The monoisotopic (exact) mass is 288 g/mol. The third-order valence-electron chi connectivity index (χ3n) is 3.22. The largest absolute Gasteiger partial charge is 0.489 e. The van der Waals surface area contributed by atoms with Crippen molar-refractivity contribution in [3.63, 3.8) is 0 Å². The van der Waals surface area contributed by atoms with Gasteiger partial charge >= 0.3 is 5.97 Å². The summed E-state index contributed by atoms with van der Waals surface area (Å²) >= 11 is 0. The molecule has 0 aliphatic heterocycles. The minimum absolute atomic E-state index is 0.310. The maximum absolute atomic E-state index is 13.5. The van der Waals surface area contributed by atoms with Crippen molar-refractivity contribution < 1.29 is 19.0 Å². The summed E-state index contributed by atoms with van der Waals surface area (Å²) in [5.41, 5.74) is 1.86. The van der Waals surface area contributed by atoms with Gasteiger partial charge in [-0.15, -0.1) is 0 Å². The van der Waals surface area contributed by atoms with Gasteiger partial charge in [0, 0.05) is 6.07 Å². The van der Waals surface area contributed by atoms with Crippen molar-refractivity contribution in [3.05, 3.63) is 65.0 Å². The van der Waals surface area contributed by atoms with Crippen LogP contribution in [0.15, 0.2) is 42.5 Å². The Morgan fingerprint density at radius 2 is 1.86 bits per heavy atom. The Kier molecular flexibility index (Phi) is 4.58. The normalized spacial score (nSPS) is 10.7. The second kappa shape index (κ2) is 6.39. The highest BCUT2D eigenvalue weighted by atomic mass is 19.1. The van der Waals surface area contributed by atoms with Crippen molar-refractivity contribution in [3.8, 4) is 5.75 Å². The first-order valence-electron chi connectivity index (χ1n) is 6.72. The van der Waals surface area contributed by atoms with Crippen molar-refractivity contribution in [1.29, 1.82) is 0 Å². The number of carboxylic acids is 1. The highest BCUT2D eigenvalue weighted by molar-refractivity contribution is 5.88. The van der Waals surface area contributed by atoms with Crippen LogP contribution in [0.25, 0.3) is 0 Å². The molecule has 21 heavy (non-hydrogen) atoms. The highest BCUT2D eigenvalue weighted by Crippen LogP contribution is 2.19. The molecule has 0 bridgehead atoms. The van der Waals surface area contributed by atoms with E-state index in [0.29, 0.717) is 18.3 Å². The molecule has 0 fully saturated rings. The molecule has 0 aliphatic rings. The molecule has 0 heterocycles. The lowest BCUT2D eigenvalue weighted by molar-refractivity contribution is 0.0692. The number of ether oxygens (including phenoxy) is 1. The van der Waals surface area contributed by atoms with Crippen LogP contribution in [0.4, 0.5) is 4.39 Å². The van der Waals surface area contributed by atoms with Gasteiger partial charge in [-0.1, -0.05) is 38.1 Å². The third kappa shape index (κ3) is 3.81. The first-order chi connectivity index (χ1) is 9.97. The number of carboxylic acid groups (broad SMARTS) is 1. The average molecular weight is 288 g/mol. The summed E-state index contributed by atoms with van der Waals surface area (Å²) in [6.07, 6.45) is 0. The van der Waals surface area contributed by atoms with E-state index in [1.54, 1.807) is 0 Å². The van der Waals surface area contributed by atoms with Crippen LogP contribution in [0.1, 0.15) is 41.3 Å². The van der Waals surface area contributed by atoms with Crippen molar-refractivity contribution in [1.82, 2.24) is 0 Å². The van der Waals surface area contributed by atoms with Gasteiger partial charge in [0.05, 0.1) is 5.56 Å². The fourth-order valence-corrected chi connectivity index (χ4v) is 1.92. The zero-order valence-corrected chi connectivity index (χ0v) is 12.0. The molecule has 0 aliphatic carbocycles. The molecule has 2 aromatic carbocycles. The quantitative estimate of drug-likeness (QED) is 0.895. The molecule has 2 aromatic rings. The van der Waals surface area contributed by atoms with E-state index in [9.17, 15) is 9.18 Å². The van der Waals surface area contributed by atoms with Gasteiger partial charge in [0.2, 0.25) is 0 Å². The third-order valence-corrected chi connectivity index (χ3v) is 3.22. The summed E-state index contributed by atoms with van der Waals surface area (Å²) in [4.78, 5) is 10.7. The molecule has 0 atom stereocenters. The predicted molar refractivity (Wildman–Crippen MR) is 78.2 cm³/mol. The number of aromatic carboxylic acids is 1. The summed E-state index contributed by atoms with van der Waals surface area (Å²) in [6, 6.07) is 11.8. The molecule has 0 unspecified atom stereocenters. The molecule has 4 heteroatoms. The molecule has 0 saturated heterocycles. The standard InChI is InChI=1S/C17H17FO3/c1-11(2)13-5-3-12(4-6-13)10-21-14-7-8-15(17(19)20)16(18)9-14/h3-9,11H,10H2,1-2H3,(H,19,20). The molecule has 0 radical (unpaired) electrons. The van der Waals surface area contributed by atoms with Crippen LogP contribution in [0.5, 0.6) is 5.75 Å². The second-order valence-electron chi connectivity index (χ2n) is 5.13. The first-order valence-corrected chi connectivity index (χ1v) is 6.72. The van der Waals surface area contributed by atoms with Crippen LogP contribution in [-0.4, -0.2) is 11.1 Å². The van der Waals surface area contributed by atoms with Crippen LogP contribution < -0.4 is 4.74 Å². The fourth-order valence-electron chi connectivity index (χ4n) is 1.92. The fraction of sp³-hybridized carbons (Fsp3) is 0.235. The lowest BCUT2D eigenvalue weighted by Crippen LogP contribution is -2.02. The Hall–Kier alpha value is -2.36. The molecule has 0 aromatic heterocycles. The van der Waals surface area contributed by atoms with Gasteiger partial charge in [0.25, 0.3) is 0 Å². The molecule has 2 rings (SSSR count). The van der Waals surface area contributed by atoms with Crippen LogP contribution >= 0.6 is 0 Å². The summed E-state index contributed by atoms with van der Waals surface area (Å²) in [6.45, 7) is 4.56. The smallest absolute Gasteiger partial charge is 0.338 e. The van der Waals surface area contributed by atoms with E-state index in [4.69, 9.17) is 9.84 Å². The number of halogens is 1. The average Bonchev–Trinajstić information content (AvgIpc) is 2.45. The Labute approximate surface area is 123 Å². The molecule has 110 valence electrons. The molecule has 0 saturated carbocycles. The number of rotatable bonds is 5. The lowest BCUT2D eigenvalue weighted by atomic mass is 10.0. The number of benzene rings is 2. The van der Waals surface area contributed by atoms with E-state index < -0.39 is 11.8 Å². The second-order valence-corrected chi connectivity index (χ2v) is 5.13. The van der Waals surface area contributed by atoms with Crippen molar-refractivity contribution in [2.24, 2.45) is 0 Å². The van der Waals surface area contributed by atoms with Crippen LogP contribution in [0.2, 0.25) is 0 Å². The Bertz CT molecular complexity index is 633. The minimum atomic E-state index is -1.29. The van der Waals surface area contributed by atoms with Crippen LogP contribution in [-0.2, 0) is 6.61 Å². The zero-order valence-electron chi connectivity index (χ0n) is 12.0. The number of carbonyl (C=O) groups is 1. The maximum atomic E-state index is 13.5. The van der Waals surface area contributed by atoms with E-state index in [1.807, 2.05) is 24.3 Å². The van der Waals surface area contributed by atoms with E-state index in [1.165, 1.54) is 17.7 Å². The predicted octanol–water partition coefficient (Wildman–Crippen LogP) is 4.23. The van der Waals surface area contributed by atoms with Crippen LogP contribution in [0.3, 0.4) is 0 Å². The maximum Gasteiger partial charge on any atom is 0.338 e. The first kappa shape index (κ1) is 15.0. The van der Waals surface area contributed by atoms with E-state index in [0.717, 1.165) is 11.6 Å². The molecule has 3 nitrogen and oxygen atoms in total. The van der Waals surface area contributed by atoms with Gasteiger partial charge in [-0.05, 0) is 29.2 Å². The SMILES string of the molecule is CC(C)c1ccc(COc2ccc(C(=O)O)c(F)c2)cc1. The zero-order chi connectivity index (χ0) is 15.4. The summed E-state index contributed by atoms with van der Waals surface area (Å²) in [5, 5.41) is 8.75. The van der Waals surface area contributed by atoms with Gasteiger partial charge in [-0.2, -0.15) is 0 Å². The van der Waals surface area contributed by atoms with Crippen molar-refractivity contribution in [2.45, 2.75) is 26.4 Å². The van der Waals surface area contributed by atoms with Gasteiger partial charge < -0.3 is 9.84 Å².